The van der Waals surface area contributed by atoms with Gasteiger partial charge in [0.1, 0.15) is 11.5 Å². The van der Waals surface area contributed by atoms with Gasteiger partial charge >= 0.3 is 0 Å². The highest BCUT2D eigenvalue weighted by Gasteiger charge is 2.10. The lowest BCUT2D eigenvalue weighted by atomic mass is 10.3. The minimum absolute atomic E-state index is 0.224. The normalized spacial score (nSPS) is 10.3. The molecule has 0 saturated carbocycles. The lowest BCUT2D eigenvalue weighted by Gasteiger charge is -2.07. The summed E-state index contributed by atoms with van der Waals surface area (Å²) >= 11 is 5.99. The predicted octanol–water partition coefficient (Wildman–Crippen LogP) is 2.83. The number of halogens is 1. The number of nitrogens with one attached hydrogen (secondary N) is 2. The Kier molecular flexibility index (Phi) is 6.12. The molecule has 116 valence electrons. The minimum atomic E-state index is -0.355. The van der Waals surface area contributed by atoms with Crippen LogP contribution in [0.3, 0.4) is 0 Å². The number of anilines is 2. The van der Waals surface area contributed by atoms with Gasteiger partial charge in [0.2, 0.25) is 0 Å². The van der Waals surface area contributed by atoms with Crippen molar-refractivity contribution in [2.24, 2.45) is 0 Å². The molecule has 0 unspecified atom stereocenters. The van der Waals surface area contributed by atoms with Crippen LogP contribution < -0.4 is 10.6 Å². The van der Waals surface area contributed by atoms with Crippen LogP contribution >= 0.6 is 11.6 Å². The number of ether oxygens (including phenoxy) is 1. The first-order valence-electron chi connectivity index (χ1n) is 6.81. The Bertz CT molecular complexity index is 619. The number of methoxy groups -OCH3 is 1. The van der Waals surface area contributed by atoms with Crippen LogP contribution in [0.4, 0.5) is 11.5 Å². The number of para-hydroxylation sites is 1. The van der Waals surface area contributed by atoms with Crippen LogP contribution in [-0.4, -0.2) is 36.1 Å². The van der Waals surface area contributed by atoms with Crippen LogP contribution in [0.15, 0.2) is 36.7 Å². The van der Waals surface area contributed by atoms with Crippen molar-refractivity contribution in [2.75, 3.05) is 30.9 Å². The molecule has 2 aromatic rings. The molecule has 0 saturated heterocycles. The maximum Gasteiger partial charge on any atom is 0.275 e. The number of carbonyl (C=O) groups is 1. The molecule has 0 fully saturated rings. The first-order valence-corrected chi connectivity index (χ1v) is 7.19. The molecule has 22 heavy (non-hydrogen) atoms. The molecular weight excluding hydrogens is 304 g/mol. The highest BCUT2D eigenvalue weighted by Crippen LogP contribution is 2.20. The van der Waals surface area contributed by atoms with Crippen molar-refractivity contribution in [3.8, 4) is 0 Å². The Labute approximate surface area is 133 Å². The Hall–Kier alpha value is -2.18. The van der Waals surface area contributed by atoms with E-state index < -0.39 is 0 Å². The van der Waals surface area contributed by atoms with E-state index in [0.717, 1.165) is 13.0 Å². The average Bonchev–Trinajstić information content (AvgIpc) is 2.54. The van der Waals surface area contributed by atoms with E-state index in [1.54, 1.807) is 31.4 Å². The summed E-state index contributed by atoms with van der Waals surface area (Å²) in [6.07, 6.45) is 3.81. The summed E-state index contributed by atoms with van der Waals surface area (Å²) in [4.78, 5) is 20.3. The van der Waals surface area contributed by atoms with Crippen molar-refractivity contribution >= 4 is 29.0 Å². The summed E-state index contributed by atoms with van der Waals surface area (Å²) in [5.74, 6) is 0.261. The summed E-state index contributed by atoms with van der Waals surface area (Å²) in [5, 5.41) is 6.27. The Morgan fingerprint density at radius 1 is 1.27 bits per heavy atom. The smallest absolute Gasteiger partial charge is 0.275 e. The molecule has 6 nitrogen and oxygen atoms in total. The highest BCUT2D eigenvalue weighted by molar-refractivity contribution is 6.33. The fraction of sp³-hybridized carbons (Fsp3) is 0.267. The molecule has 0 bridgehead atoms. The van der Waals surface area contributed by atoms with Gasteiger partial charge in [0.15, 0.2) is 0 Å². The Balaban J connectivity index is 1.92. The van der Waals surface area contributed by atoms with Crippen LogP contribution in [0.2, 0.25) is 5.02 Å². The molecule has 2 N–H and O–H groups in total. The summed E-state index contributed by atoms with van der Waals surface area (Å²) in [5.41, 5.74) is 0.764. The molecule has 1 aromatic carbocycles. The third-order valence-corrected chi connectivity index (χ3v) is 3.17. The highest BCUT2D eigenvalue weighted by atomic mass is 35.5. The van der Waals surface area contributed by atoms with Crippen LogP contribution in [0.1, 0.15) is 16.9 Å². The summed E-state index contributed by atoms with van der Waals surface area (Å²) in [7, 11) is 1.66. The van der Waals surface area contributed by atoms with Crippen molar-refractivity contribution in [3.63, 3.8) is 0 Å². The van der Waals surface area contributed by atoms with Crippen molar-refractivity contribution in [1.29, 1.82) is 0 Å². The van der Waals surface area contributed by atoms with E-state index in [4.69, 9.17) is 16.3 Å². The van der Waals surface area contributed by atoms with Gasteiger partial charge in [-0.3, -0.25) is 4.79 Å². The van der Waals surface area contributed by atoms with Gasteiger partial charge in [0.25, 0.3) is 5.91 Å². The lowest BCUT2D eigenvalue weighted by Crippen LogP contribution is -2.15. The van der Waals surface area contributed by atoms with Crippen molar-refractivity contribution < 1.29 is 9.53 Å². The van der Waals surface area contributed by atoms with Gasteiger partial charge in [-0.2, -0.15) is 0 Å². The number of benzene rings is 1. The topological polar surface area (TPSA) is 76.1 Å². The van der Waals surface area contributed by atoms with Crippen LogP contribution in [0, 0.1) is 0 Å². The number of amides is 1. The van der Waals surface area contributed by atoms with E-state index in [2.05, 4.69) is 20.6 Å². The lowest BCUT2D eigenvalue weighted by molar-refractivity contribution is 0.102. The molecule has 0 aliphatic heterocycles. The second-order valence-electron chi connectivity index (χ2n) is 4.49. The fourth-order valence-electron chi connectivity index (χ4n) is 1.72. The van der Waals surface area contributed by atoms with E-state index >= 15 is 0 Å². The van der Waals surface area contributed by atoms with Crippen LogP contribution in [0.25, 0.3) is 0 Å². The Morgan fingerprint density at radius 3 is 2.77 bits per heavy atom. The first kappa shape index (κ1) is 16.2. The second-order valence-corrected chi connectivity index (χ2v) is 4.90. The molecule has 0 spiro atoms. The van der Waals surface area contributed by atoms with Gasteiger partial charge in [-0.1, -0.05) is 23.7 Å². The SMILES string of the molecule is COCCCNc1cnc(C(=O)Nc2ccccc2Cl)cn1. The molecular formula is C15H17ClN4O2. The number of carbonyl (C=O) groups excluding carboxylic acids is 1. The maximum absolute atomic E-state index is 12.1. The summed E-state index contributed by atoms with van der Waals surface area (Å²) in [6.45, 7) is 1.41. The third-order valence-electron chi connectivity index (χ3n) is 2.84. The zero-order chi connectivity index (χ0) is 15.8. The maximum atomic E-state index is 12.1. The van der Waals surface area contributed by atoms with Crippen molar-refractivity contribution in [2.45, 2.75) is 6.42 Å². The number of hydrogen-bond acceptors (Lipinski definition) is 5. The Morgan fingerprint density at radius 2 is 2.09 bits per heavy atom. The van der Waals surface area contributed by atoms with E-state index in [1.165, 1.54) is 12.4 Å². The summed E-state index contributed by atoms with van der Waals surface area (Å²) < 4.78 is 4.96. The molecule has 2 rings (SSSR count). The van der Waals surface area contributed by atoms with Gasteiger partial charge in [0.05, 0.1) is 23.1 Å². The number of hydrogen-bond donors (Lipinski definition) is 2. The zero-order valence-corrected chi connectivity index (χ0v) is 12.9. The zero-order valence-electron chi connectivity index (χ0n) is 12.2. The fourth-order valence-corrected chi connectivity index (χ4v) is 1.90. The first-order chi connectivity index (χ1) is 10.7. The molecule has 1 amide bonds. The molecule has 1 heterocycles. The van der Waals surface area contributed by atoms with E-state index in [9.17, 15) is 4.79 Å². The number of rotatable bonds is 7. The predicted molar refractivity (Wildman–Crippen MR) is 86.4 cm³/mol. The van der Waals surface area contributed by atoms with Crippen molar-refractivity contribution in [1.82, 2.24) is 9.97 Å². The second kappa shape index (κ2) is 8.31. The number of aromatic nitrogens is 2. The van der Waals surface area contributed by atoms with E-state index in [1.807, 2.05) is 0 Å². The van der Waals surface area contributed by atoms with Crippen LogP contribution in [-0.2, 0) is 4.74 Å². The van der Waals surface area contributed by atoms with Gasteiger partial charge in [0, 0.05) is 20.3 Å². The molecule has 7 heteroatoms. The quantitative estimate of drug-likeness (QED) is 0.767. The van der Waals surface area contributed by atoms with E-state index in [0.29, 0.717) is 23.1 Å². The average molecular weight is 321 g/mol. The minimum Gasteiger partial charge on any atom is -0.385 e. The van der Waals surface area contributed by atoms with Crippen molar-refractivity contribution in [3.05, 3.63) is 47.4 Å². The van der Waals surface area contributed by atoms with Gasteiger partial charge in [-0.25, -0.2) is 9.97 Å². The molecule has 0 radical (unpaired) electrons. The number of nitrogens with zero attached hydrogens (tertiary/aromatic N) is 2. The molecule has 1 aromatic heterocycles. The molecule has 0 aliphatic rings. The third kappa shape index (κ3) is 4.68. The molecule has 0 atom stereocenters. The van der Waals surface area contributed by atoms with Gasteiger partial charge in [-0.15, -0.1) is 0 Å². The monoisotopic (exact) mass is 320 g/mol. The summed E-state index contributed by atoms with van der Waals surface area (Å²) in [6, 6.07) is 7.01. The largest absolute Gasteiger partial charge is 0.385 e. The van der Waals surface area contributed by atoms with E-state index in [-0.39, 0.29) is 11.6 Å². The van der Waals surface area contributed by atoms with Gasteiger partial charge < -0.3 is 15.4 Å². The standard InChI is InChI=1S/C15H17ClN4O2/c1-22-8-4-7-17-14-10-18-13(9-19-14)15(21)20-12-6-3-2-5-11(12)16/h2-3,5-6,9-10H,4,7-8H2,1H3,(H,17,19)(H,20,21). The van der Waals surface area contributed by atoms with Gasteiger partial charge in [-0.05, 0) is 18.6 Å². The van der Waals surface area contributed by atoms with Crippen LogP contribution in [0.5, 0.6) is 0 Å². The molecule has 0 aliphatic carbocycles.